The van der Waals surface area contributed by atoms with Crippen molar-refractivity contribution in [2.24, 2.45) is 0 Å². The average Bonchev–Trinajstić information content (AvgIpc) is 2.84. The molecule has 0 amide bonds. The van der Waals surface area contributed by atoms with Gasteiger partial charge < -0.3 is 9.47 Å². The summed E-state index contributed by atoms with van der Waals surface area (Å²) in [7, 11) is 1.81. The molecule has 2 aromatic rings. The first kappa shape index (κ1) is 15.4. The number of aryl methyl sites for hydroxylation is 2. The maximum absolute atomic E-state index is 11.1. The molecule has 0 atom stereocenters. The summed E-state index contributed by atoms with van der Waals surface area (Å²) in [6, 6.07) is 1.47. The summed E-state index contributed by atoms with van der Waals surface area (Å²) in [5, 5.41) is 11.1. The molecule has 0 saturated heterocycles. The number of pyridine rings is 1. The molecule has 0 aliphatic carbocycles. The maximum atomic E-state index is 11.1. The van der Waals surface area contributed by atoms with Gasteiger partial charge in [0.05, 0.1) is 4.92 Å². The fourth-order valence-electron chi connectivity index (χ4n) is 2.07. The van der Waals surface area contributed by atoms with E-state index in [-0.39, 0.29) is 5.69 Å². The molecule has 0 aliphatic heterocycles. The Balaban J connectivity index is 2.02. The van der Waals surface area contributed by atoms with Crippen molar-refractivity contribution in [3.05, 3.63) is 45.1 Å². The third-order valence-corrected chi connectivity index (χ3v) is 3.62. The predicted molar refractivity (Wildman–Crippen MR) is 83.4 cm³/mol. The van der Waals surface area contributed by atoms with Crippen LogP contribution in [-0.4, -0.2) is 33.1 Å². The lowest BCUT2D eigenvalue weighted by molar-refractivity contribution is -0.384. The molecule has 0 bridgehead atoms. The highest BCUT2D eigenvalue weighted by Crippen LogP contribution is 2.27. The van der Waals surface area contributed by atoms with Crippen molar-refractivity contribution in [2.75, 3.05) is 18.5 Å². The maximum Gasteiger partial charge on any atom is 0.312 e. The summed E-state index contributed by atoms with van der Waals surface area (Å²) in [5.41, 5.74) is 0.00527. The van der Waals surface area contributed by atoms with Crippen LogP contribution < -0.4 is 4.90 Å². The number of aromatic nitrogens is 3. The number of anilines is 1. The molecule has 8 heteroatoms. The molecule has 0 aliphatic rings. The van der Waals surface area contributed by atoms with Crippen molar-refractivity contribution in [2.45, 2.75) is 19.9 Å². The van der Waals surface area contributed by atoms with Crippen LogP contribution in [0.4, 0.5) is 11.5 Å². The molecule has 112 valence electrons. The number of hydrogen-bond donors (Lipinski definition) is 0. The highest BCUT2D eigenvalue weighted by atomic mass is 79.9. The Bertz CT molecular complexity index is 643. The molecule has 2 aromatic heterocycles. The number of hydrogen-bond acceptors (Lipinski definition) is 5. The van der Waals surface area contributed by atoms with Crippen LogP contribution in [0.25, 0.3) is 0 Å². The Hall–Kier alpha value is -1.96. The number of nitrogens with zero attached hydrogens (tertiary/aromatic N) is 5. The van der Waals surface area contributed by atoms with E-state index in [1.54, 1.807) is 17.3 Å². The van der Waals surface area contributed by atoms with E-state index >= 15 is 0 Å². The van der Waals surface area contributed by atoms with Gasteiger partial charge in [0.2, 0.25) is 5.82 Å². The molecule has 0 spiro atoms. The van der Waals surface area contributed by atoms with Crippen LogP contribution in [0.5, 0.6) is 0 Å². The zero-order chi connectivity index (χ0) is 15.4. The second kappa shape index (κ2) is 6.66. The van der Waals surface area contributed by atoms with Crippen LogP contribution in [-0.2, 0) is 6.54 Å². The minimum Gasteiger partial charge on any atom is -0.354 e. The quantitative estimate of drug-likeness (QED) is 0.589. The fraction of sp³-hybridized carbons (Fsp3) is 0.385. The lowest BCUT2D eigenvalue weighted by Gasteiger charge is -2.18. The molecule has 0 aromatic carbocycles. The van der Waals surface area contributed by atoms with E-state index in [9.17, 15) is 10.1 Å². The summed E-state index contributed by atoms with van der Waals surface area (Å²) in [6.45, 7) is 3.44. The van der Waals surface area contributed by atoms with E-state index in [1.165, 1.54) is 6.07 Å². The zero-order valence-corrected chi connectivity index (χ0v) is 13.4. The van der Waals surface area contributed by atoms with Gasteiger partial charge in [-0.05, 0) is 29.3 Å². The minimum absolute atomic E-state index is 0.00527. The zero-order valence-electron chi connectivity index (χ0n) is 11.9. The Morgan fingerprint density at radius 3 is 2.86 bits per heavy atom. The standard InChI is InChI=1S/C13H16BrN5O2/c1-10-15-4-7-18(10)6-3-5-17(2)13-12(19(20)21)8-11(14)9-16-13/h4,7-9H,3,5-6H2,1-2H3. The van der Waals surface area contributed by atoms with Gasteiger partial charge in [0.1, 0.15) is 5.82 Å². The van der Waals surface area contributed by atoms with Crippen molar-refractivity contribution in [1.29, 1.82) is 0 Å². The van der Waals surface area contributed by atoms with Gasteiger partial charge in [0, 0.05) is 49.3 Å². The number of imidazole rings is 1. The molecule has 2 heterocycles. The van der Waals surface area contributed by atoms with Gasteiger partial charge in [0.25, 0.3) is 0 Å². The Labute approximate surface area is 130 Å². The van der Waals surface area contributed by atoms with Crippen molar-refractivity contribution >= 4 is 27.4 Å². The molecule has 7 nitrogen and oxygen atoms in total. The van der Waals surface area contributed by atoms with Gasteiger partial charge in [-0.2, -0.15) is 0 Å². The van der Waals surface area contributed by atoms with E-state index in [0.717, 1.165) is 18.8 Å². The van der Waals surface area contributed by atoms with E-state index in [0.29, 0.717) is 16.8 Å². The van der Waals surface area contributed by atoms with E-state index < -0.39 is 4.92 Å². The Morgan fingerprint density at radius 1 is 1.48 bits per heavy atom. The van der Waals surface area contributed by atoms with Gasteiger partial charge in [-0.25, -0.2) is 9.97 Å². The lowest BCUT2D eigenvalue weighted by atomic mass is 10.3. The van der Waals surface area contributed by atoms with Crippen LogP contribution in [0.3, 0.4) is 0 Å². The van der Waals surface area contributed by atoms with Crippen LogP contribution >= 0.6 is 15.9 Å². The Kier molecular flexibility index (Phi) is 4.89. The topological polar surface area (TPSA) is 77.1 Å². The van der Waals surface area contributed by atoms with Gasteiger partial charge in [-0.15, -0.1) is 0 Å². The Morgan fingerprint density at radius 2 is 2.24 bits per heavy atom. The second-order valence-electron chi connectivity index (χ2n) is 4.70. The molecule has 0 fully saturated rings. The predicted octanol–water partition coefficient (Wildman–Crippen LogP) is 2.78. The first-order valence-corrected chi connectivity index (χ1v) is 7.27. The SMILES string of the molecule is Cc1nccn1CCCN(C)c1ncc(Br)cc1[N+](=O)[O-]. The molecule has 0 N–H and O–H groups in total. The smallest absolute Gasteiger partial charge is 0.312 e. The van der Waals surface area contributed by atoms with E-state index in [1.807, 2.05) is 20.2 Å². The first-order chi connectivity index (χ1) is 9.99. The van der Waals surface area contributed by atoms with Crippen LogP contribution in [0.15, 0.2) is 29.1 Å². The molecule has 2 rings (SSSR count). The molecule has 0 unspecified atom stereocenters. The number of nitro groups is 1. The largest absolute Gasteiger partial charge is 0.354 e. The van der Waals surface area contributed by atoms with Gasteiger partial charge in [0.15, 0.2) is 0 Å². The highest BCUT2D eigenvalue weighted by molar-refractivity contribution is 9.10. The highest BCUT2D eigenvalue weighted by Gasteiger charge is 2.19. The number of halogens is 1. The van der Waals surface area contributed by atoms with Crippen molar-refractivity contribution < 1.29 is 4.92 Å². The summed E-state index contributed by atoms with van der Waals surface area (Å²) in [5.74, 6) is 1.34. The third-order valence-electron chi connectivity index (χ3n) is 3.19. The molecule has 0 saturated carbocycles. The number of rotatable bonds is 6. The third kappa shape index (κ3) is 3.78. The summed E-state index contributed by atoms with van der Waals surface area (Å²) in [6.07, 6.45) is 6.11. The lowest BCUT2D eigenvalue weighted by Crippen LogP contribution is -2.22. The van der Waals surface area contributed by atoms with Crippen LogP contribution in [0.2, 0.25) is 0 Å². The van der Waals surface area contributed by atoms with E-state index in [2.05, 4.69) is 30.5 Å². The van der Waals surface area contributed by atoms with Gasteiger partial charge in [-0.3, -0.25) is 10.1 Å². The van der Waals surface area contributed by atoms with Crippen molar-refractivity contribution in [3.8, 4) is 0 Å². The molecule has 21 heavy (non-hydrogen) atoms. The fourth-order valence-corrected chi connectivity index (χ4v) is 2.39. The molecular weight excluding hydrogens is 338 g/mol. The summed E-state index contributed by atoms with van der Waals surface area (Å²) < 4.78 is 2.65. The van der Waals surface area contributed by atoms with Crippen LogP contribution in [0, 0.1) is 17.0 Å². The summed E-state index contributed by atoms with van der Waals surface area (Å²) >= 11 is 3.20. The minimum atomic E-state index is -0.413. The normalized spacial score (nSPS) is 10.6. The first-order valence-electron chi connectivity index (χ1n) is 6.48. The van der Waals surface area contributed by atoms with E-state index in [4.69, 9.17) is 0 Å². The average molecular weight is 354 g/mol. The molecule has 0 radical (unpaired) electrons. The summed E-state index contributed by atoms with van der Waals surface area (Å²) in [4.78, 5) is 20.8. The molecular formula is C13H16BrN5O2. The monoisotopic (exact) mass is 353 g/mol. The van der Waals surface area contributed by atoms with Crippen molar-refractivity contribution in [1.82, 2.24) is 14.5 Å². The van der Waals surface area contributed by atoms with Crippen LogP contribution in [0.1, 0.15) is 12.2 Å². The van der Waals surface area contributed by atoms with Gasteiger partial charge in [-0.1, -0.05) is 0 Å². The second-order valence-corrected chi connectivity index (χ2v) is 5.61. The van der Waals surface area contributed by atoms with Crippen molar-refractivity contribution in [3.63, 3.8) is 0 Å². The van der Waals surface area contributed by atoms with Gasteiger partial charge >= 0.3 is 5.69 Å².